The van der Waals surface area contributed by atoms with E-state index in [-0.39, 0.29) is 6.10 Å². The van der Waals surface area contributed by atoms with E-state index in [9.17, 15) is 0 Å². The van der Waals surface area contributed by atoms with Gasteiger partial charge >= 0.3 is 0 Å². The van der Waals surface area contributed by atoms with Gasteiger partial charge in [0.2, 0.25) is 0 Å². The Kier molecular flexibility index (Phi) is 5.61. The first-order chi connectivity index (χ1) is 7.09. The third kappa shape index (κ3) is 4.98. The lowest BCUT2D eigenvalue weighted by molar-refractivity contribution is 0.181. The number of hydrogen-bond donors (Lipinski definition) is 2. The Morgan fingerprint density at radius 2 is 2.20 bits per heavy atom. The minimum absolute atomic E-state index is 0.196. The van der Waals surface area contributed by atoms with Crippen LogP contribution in [0.3, 0.4) is 0 Å². The van der Waals surface area contributed by atoms with Gasteiger partial charge in [-0.1, -0.05) is 11.6 Å². The van der Waals surface area contributed by atoms with Crippen LogP contribution in [-0.4, -0.2) is 17.8 Å². The fourth-order valence-electron chi connectivity index (χ4n) is 1.38. The lowest BCUT2D eigenvalue weighted by atomic mass is 10.2. The van der Waals surface area contributed by atoms with Crippen molar-refractivity contribution in [2.75, 3.05) is 6.54 Å². The zero-order valence-corrected chi connectivity index (χ0v) is 10.7. The molecule has 0 aromatic carbocycles. The molecule has 0 spiro atoms. The van der Waals surface area contributed by atoms with Crippen LogP contribution < -0.4 is 5.32 Å². The molecule has 0 aliphatic carbocycles. The molecule has 4 heteroatoms. The van der Waals surface area contributed by atoms with Gasteiger partial charge in [-0.2, -0.15) is 0 Å². The van der Waals surface area contributed by atoms with Gasteiger partial charge in [-0.15, -0.1) is 11.3 Å². The predicted molar refractivity (Wildman–Crippen MR) is 66.7 cm³/mol. The molecule has 1 rings (SSSR count). The normalized spacial score (nSPS) is 15.2. The summed E-state index contributed by atoms with van der Waals surface area (Å²) in [5, 5.41) is 12.5. The van der Waals surface area contributed by atoms with Crippen molar-refractivity contribution in [2.45, 2.75) is 38.8 Å². The summed E-state index contributed by atoms with van der Waals surface area (Å²) >= 11 is 7.48. The van der Waals surface area contributed by atoms with Crippen molar-refractivity contribution in [3.8, 4) is 0 Å². The van der Waals surface area contributed by atoms with E-state index in [1.54, 1.807) is 11.3 Å². The number of aliphatic hydroxyl groups excluding tert-OH is 1. The number of nitrogens with one attached hydrogen (secondary N) is 1. The zero-order valence-electron chi connectivity index (χ0n) is 9.16. The molecule has 15 heavy (non-hydrogen) atoms. The molecule has 0 saturated carbocycles. The lowest BCUT2D eigenvalue weighted by Crippen LogP contribution is -2.19. The average molecular weight is 248 g/mol. The number of thiophene rings is 1. The minimum Gasteiger partial charge on any atom is -0.393 e. The van der Waals surface area contributed by atoms with Crippen LogP contribution in [0.25, 0.3) is 0 Å². The second-order valence-electron chi connectivity index (χ2n) is 3.81. The van der Waals surface area contributed by atoms with Crippen molar-refractivity contribution in [2.24, 2.45) is 0 Å². The SMILES string of the molecule is CC(O)CCCNC(C)c1ccc(Cl)s1. The molecule has 0 saturated heterocycles. The molecule has 0 bridgehead atoms. The van der Waals surface area contributed by atoms with Gasteiger partial charge in [0, 0.05) is 10.9 Å². The number of hydrogen-bond acceptors (Lipinski definition) is 3. The highest BCUT2D eigenvalue weighted by Crippen LogP contribution is 2.26. The van der Waals surface area contributed by atoms with Crippen molar-refractivity contribution in [1.82, 2.24) is 5.32 Å². The van der Waals surface area contributed by atoms with Crippen molar-refractivity contribution in [1.29, 1.82) is 0 Å². The fourth-order valence-corrected chi connectivity index (χ4v) is 2.47. The summed E-state index contributed by atoms with van der Waals surface area (Å²) in [7, 11) is 0. The van der Waals surface area contributed by atoms with E-state index < -0.39 is 0 Å². The van der Waals surface area contributed by atoms with Crippen molar-refractivity contribution in [3.63, 3.8) is 0 Å². The molecular weight excluding hydrogens is 230 g/mol. The van der Waals surface area contributed by atoms with Gasteiger partial charge in [0.1, 0.15) is 0 Å². The molecule has 1 aromatic rings. The topological polar surface area (TPSA) is 32.3 Å². The molecule has 2 atom stereocenters. The Hall–Kier alpha value is -0.0900. The van der Waals surface area contributed by atoms with Crippen LogP contribution >= 0.6 is 22.9 Å². The van der Waals surface area contributed by atoms with Crippen LogP contribution in [0.15, 0.2) is 12.1 Å². The minimum atomic E-state index is -0.196. The maximum Gasteiger partial charge on any atom is 0.0931 e. The summed E-state index contributed by atoms with van der Waals surface area (Å²) in [5.74, 6) is 0. The van der Waals surface area contributed by atoms with E-state index in [1.807, 2.05) is 13.0 Å². The molecule has 2 unspecified atom stereocenters. The Bertz CT molecular complexity index is 288. The summed E-state index contributed by atoms with van der Waals surface area (Å²) in [6.45, 7) is 4.88. The lowest BCUT2D eigenvalue weighted by Gasteiger charge is -2.12. The van der Waals surface area contributed by atoms with Crippen LogP contribution in [0, 0.1) is 0 Å². The van der Waals surface area contributed by atoms with Crippen molar-refractivity contribution in [3.05, 3.63) is 21.3 Å². The molecule has 1 aromatic heterocycles. The number of rotatable bonds is 6. The van der Waals surface area contributed by atoms with Crippen LogP contribution in [0.5, 0.6) is 0 Å². The van der Waals surface area contributed by atoms with E-state index in [0.29, 0.717) is 6.04 Å². The van der Waals surface area contributed by atoms with Gasteiger partial charge in [0.05, 0.1) is 10.4 Å². The predicted octanol–water partition coefficient (Wildman–Crippen LogP) is 3.21. The number of aliphatic hydroxyl groups is 1. The Morgan fingerprint density at radius 1 is 1.47 bits per heavy atom. The van der Waals surface area contributed by atoms with Gasteiger partial charge in [-0.05, 0) is 45.4 Å². The second kappa shape index (κ2) is 6.48. The molecule has 0 amide bonds. The van der Waals surface area contributed by atoms with E-state index in [0.717, 1.165) is 23.7 Å². The van der Waals surface area contributed by atoms with Gasteiger partial charge in [0.25, 0.3) is 0 Å². The molecule has 2 N–H and O–H groups in total. The molecular formula is C11H18ClNOS. The molecule has 86 valence electrons. The zero-order chi connectivity index (χ0) is 11.3. The van der Waals surface area contributed by atoms with Gasteiger partial charge in [0.15, 0.2) is 0 Å². The quantitative estimate of drug-likeness (QED) is 0.757. The van der Waals surface area contributed by atoms with Gasteiger partial charge < -0.3 is 10.4 Å². The molecule has 2 nitrogen and oxygen atoms in total. The van der Waals surface area contributed by atoms with Crippen LogP contribution in [-0.2, 0) is 0 Å². The van der Waals surface area contributed by atoms with E-state index in [1.165, 1.54) is 4.88 Å². The summed E-state index contributed by atoms with van der Waals surface area (Å²) in [5.41, 5.74) is 0. The maximum atomic E-state index is 9.09. The molecule has 0 aliphatic rings. The highest BCUT2D eigenvalue weighted by Gasteiger charge is 2.07. The second-order valence-corrected chi connectivity index (χ2v) is 5.56. The Labute approximate surface area is 100 Å². The van der Waals surface area contributed by atoms with Crippen LogP contribution in [0.2, 0.25) is 4.34 Å². The number of halogens is 1. The highest BCUT2D eigenvalue weighted by molar-refractivity contribution is 7.16. The van der Waals surface area contributed by atoms with Crippen LogP contribution in [0.1, 0.15) is 37.6 Å². The third-order valence-electron chi connectivity index (χ3n) is 2.27. The first-order valence-electron chi connectivity index (χ1n) is 5.26. The summed E-state index contributed by atoms with van der Waals surface area (Å²) in [4.78, 5) is 1.26. The average Bonchev–Trinajstić information content (AvgIpc) is 2.59. The van der Waals surface area contributed by atoms with E-state index >= 15 is 0 Å². The molecule has 0 radical (unpaired) electrons. The molecule has 1 heterocycles. The summed E-state index contributed by atoms with van der Waals surface area (Å²) < 4.78 is 0.836. The highest BCUT2D eigenvalue weighted by atomic mass is 35.5. The molecule has 0 aliphatic heterocycles. The van der Waals surface area contributed by atoms with Gasteiger partial charge in [-0.3, -0.25) is 0 Å². The summed E-state index contributed by atoms with van der Waals surface area (Å²) in [6, 6.07) is 4.32. The van der Waals surface area contributed by atoms with E-state index in [4.69, 9.17) is 16.7 Å². The maximum absolute atomic E-state index is 9.09. The monoisotopic (exact) mass is 247 g/mol. The largest absolute Gasteiger partial charge is 0.393 e. The third-order valence-corrected chi connectivity index (χ3v) is 3.68. The fraction of sp³-hybridized carbons (Fsp3) is 0.636. The summed E-state index contributed by atoms with van der Waals surface area (Å²) in [6.07, 6.45) is 1.66. The Balaban J connectivity index is 2.21. The first kappa shape index (κ1) is 13.0. The smallest absolute Gasteiger partial charge is 0.0931 e. The van der Waals surface area contributed by atoms with Gasteiger partial charge in [-0.25, -0.2) is 0 Å². The van der Waals surface area contributed by atoms with Crippen molar-refractivity contribution < 1.29 is 5.11 Å². The Morgan fingerprint density at radius 3 is 2.73 bits per heavy atom. The van der Waals surface area contributed by atoms with Crippen LogP contribution in [0.4, 0.5) is 0 Å². The first-order valence-corrected chi connectivity index (χ1v) is 6.45. The standard InChI is InChI=1S/C11H18ClNOS/c1-8(14)4-3-7-13-9(2)10-5-6-11(12)15-10/h5-6,8-9,13-14H,3-4,7H2,1-2H3. The van der Waals surface area contributed by atoms with E-state index in [2.05, 4.69) is 18.3 Å². The van der Waals surface area contributed by atoms with Crippen molar-refractivity contribution >= 4 is 22.9 Å². The molecule has 0 fully saturated rings.